The van der Waals surface area contributed by atoms with Crippen molar-refractivity contribution in [3.8, 4) is 0 Å². The molecule has 172 valence electrons. The van der Waals surface area contributed by atoms with Crippen LogP contribution in [0.25, 0.3) is 0 Å². The van der Waals surface area contributed by atoms with E-state index in [-0.39, 0.29) is 41.1 Å². The van der Waals surface area contributed by atoms with Gasteiger partial charge in [0.1, 0.15) is 11.6 Å². The highest BCUT2D eigenvalue weighted by Crippen LogP contribution is 2.66. The van der Waals surface area contributed by atoms with Gasteiger partial charge in [0.15, 0.2) is 0 Å². The minimum Gasteiger partial charge on any atom is -0.396 e. The van der Waals surface area contributed by atoms with E-state index in [1.165, 1.54) is 24.8 Å². The molecule has 4 aliphatic carbocycles. The number of Topliss-reactive ketones (excluding diaryl/α,β-unsaturated/α-hetero) is 2. The van der Waals surface area contributed by atoms with Gasteiger partial charge in [-0.3, -0.25) is 9.59 Å². The molecule has 1 saturated heterocycles. The topological polar surface area (TPSA) is 66.4 Å². The highest BCUT2D eigenvalue weighted by Gasteiger charge is 2.64. The fraction of sp³-hybridized carbons (Fsp3) is 0.852. The predicted molar refractivity (Wildman–Crippen MR) is 121 cm³/mol. The average molecular weight is 428 g/mol. The second kappa shape index (κ2) is 8.09. The monoisotopic (exact) mass is 427 g/mol. The molecule has 5 fully saturated rings. The Morgan fingerprint density at radius 1 is 1.00 bits per heavy atom. The number of ketones is 2. The van der Waals surface area contributed by atoms with Crippen molar-refractivity contribution in [2.45, 2.75) is 78.1 Å². The maximum Gasteiger partial charge on any atom is 0.142 e. The molecule has 0 radical (unpaired) electrons. The van der Waals surface area contributed by atoms with E-state index < -0.39 is 0 Å². The van der Waals surface area contributed by atoms with Crippen molar-refractivity contribution in [2.75, 3.05) is 19.7 Å². The molecule has 31 heavy (non-hydrogen) atoms. The van der Waals surface area contributed by atoms with Crippen LogP contribution in [0.3, 0.4) is 0 Å². The number of piperidine rings is 1. The maximum atomic E-state index is 13.8. The maximum absolute atomic E-state index is 13.8. The van der Waals surface area contributed by atoms with Gasteiger partial charge in [0, 0.05) is 23.7 Å². The van der Waals surface area contributed by atoms with E-state index in [2.05, 4.69) is 25.2 Å². The fourth-order valence-electron chi connectivity index (χ4n) is 8.64. The third kappa shape index (κ3) is 3.39. The Morgan fingerprint density at radius 2 is 1.77 bits per heavy atom. The molecule has 4 nitrogen and oxygen atoms in total. The van der Waals surface area contributed by atoms with E-state index in [0.29, 0.717) is 23.9 Å². The lowest BCUT2D eigenvalue weighted by molar-refractivity contribution is -0.167. The molecule has 0 aromatic rings. The number of nitrogens with one attached hydrogen (secondary N) is 1. The highest BCUT2D eigenvalue weighted by atomic mass is 16.3. The van der Waals surface area contributed by atoms with Crippen LogP contribution in [0.1, 0.15) is 78.1 Å². The normalized spacial score (nSPS) is 47.2. The SMILES string of the molecule is C[C@]12CC/C(=C\CC3CCNCC3)CC1C(CO)C(=O)C1C2CC[C@]2(C)C(=O)CCC12. The summed E-state index contributed by atoms with van der Waals surface area (Å²) < 4.78 is 0. The summed E-state index contributed by atoms with van der Waals surface area (Å²) in [4.78, 5) is 26.5. The van der Waals surface area contributed by atoms with E-state index in [1.54, 1.807) is 0 Å². The zero-order chi connectivity index (χ0) is 21.8. The van der Waals surface area contributed by atoms with Gasteiger partial charge in [-0.1, -0.05) is 25.5 Å². The van der Waals surface area contributed by atoms with E-state index in [4.69, 9.17) is 0 Å². The van der Waals surface area contributed by atoms with Crippen LogP contribution in [0.5, 0.6) is 0 Å². The molecular formula is C27H41NO3. The Kier molecular flexibility index (Phi) is 5.70. The molecule has 0 spiro atoms. The molecular weight excluding hydrogens is 386 g/mol. The molecule has 4 heteroatoms. The van der Waals surface area contributed by atoms with Crippen LogP contribution in [0.2, 0.25) is 0 Å². The number of aliphatic hydroxyl groups is 1. The lowest BCUT2D eigenvalue weighted by atomic mass is 9.42. The second-order valence-electron chi connectivity index (χ2n) is 12.0. The lowest BCUT2D eigenvalue weighted by Crippen LogP contribution is -2.60. The Labute approximate surface area is 187 Å². The van der Waals surface area contributed by atoms with Gasteiger partial charge in [0.25, 0.3) is 0 Å². The molecule has 5 unspecified atom stereocenters. The first-order valence-corrected chi connectivity index (χ1v) is 12.9. The molecule has 1 heterocycles. The van der Waals surface area contributed by atoms with Crippen molar-refractivity contribution in [3.63, 3.8) is 0 Å². The molecule has 4 saturated carbocycles. The minimum absolute atomic E-state index is 0.0103. The number of carbonyl (C=O) groups excluding carboxylic acids is 2. The molecule has 5 aliphatic rings. The van der Waals surface area contributed by atoms with Gasteiger partial charge in [-0.05, 0) is 100.0 Å². The van der Waals surface area contributed by atoms with Crippen LogP contribution in [-0.4, -0.2) is 36.4 Å². The molecule has 7 atom stereocenters. The number of fused-ring (bicyclic) bond motifs is 5. The van der Waals surface area contributed by atoms with Crippen molar-refractivity contribution in [1.82, 2.24) is 5.32 Å². The highest BCUT2D eigenvalue weighted by molar-refractivity contribution is 5.91. The smallest absolute Gasteiger partial charge is 0.142 e. The van der Waals surface area contributed by atoms with Crippen LogP contribution in [-0.2, 0) is 9.59 Å². The first-order chi connectivity index (χ1) is 14.9. The van der Waals surface area contributed by atoms with Gasteiger partial charge in [0.2, 0.25) is 0 Å². The van der Waals surface area contributed by atoms with Gasteiger partial charge in [-0.25, -0.2) is 0 Å². The number of carbonyl (C=O) groups is 2. The molecule has 2 N–H and O–H groups in total. The van der Waals surface area contributed by atoms with Crippen LogP contribution in [0.15, 0.2) is 11.6 Å². The molecule has 1 aliphatic heterocycles. The summed E-state index contributed by atoms with van der Waals surface area (Å²) in [6.45, 7) is 6.80. The third-order valence-corrected chi connectivity index (χ3v) is 10.7. The van der Waals surface area contributed by atoms with Crippen molar-refractivity contribution in [1.29, 1.82) is 0 Å². The van der Waals surface area contributed by atoms with E-state index in [1.807, 2.05) is 0 Å². The zero-order valence-electron chi connectivity index (χ0n) is 19.5. The van der Waals surface area contributed by atoms with Crippen LogP contribution in [0.4, 0.5) is 0 Å². The van der Waals surface area contributed by atoms with E-state index in [9.17, 15) is 14.7 Å². The number of aliphatic hydroxyl groups excluding tert-OH is 1. The minimum atomic E-state index is -0.297. The Hall–Kier alpha value is -1.00. The zero-order valence-corrected chi connectivity index (χ0v) is 19.5. The fourth-order valence-corrected chi connectivity index (χ4v) is 8.64. The molecule has 0 amide bonds. The van der Waals surface area contributed by atoms with Gasteiger partial charge >= 0.3 is 0 Å². The average Bonchev–Trinajstić information content (AvgIpc) is 3.08. The Bertz CT molecular complexity index is 768. The summed E-state index contributed by atoms with van der Waals surface area (Å²) in [5, 5.41) is 13.8. The lowest BCUT2D eigenvalue weighted by Gasteiger charge is -2.60. The summed E-state index contributed by atoms with van der Waals surface area (Å²) in [7, 11) is 0. The first kappa shape index (κ1) is 21.8. The summed E-state index contributed by atoms with van der Waals surface area (Å²) in [6.07, 6.45) is 13.0. The molecule has 0 aromatic heterocycles. The summed E-state index contributed by atoms with van der Waals surface area (Å²) >= 11 is 0. The van der Waals surface area contributed by atoms with Gasteiger partial charge in [0.05, 0.1) is 6.61 Å². The Balaban J connectivity index is 1.39. The number of allylic oxidation sites excluding steroid dienone is 2. The van der Waals surface area contributed by atoms with E-state index >= 15 is 0 Å². The largest absolute Gasteiger partial charge is 0.396 e. The van der Waals surface area contributed by atoms with Crippen LogP contribution < -0.4 is 5.32 Å². The standard InChI is InChI=1S/C27H41NO3/c1-26-11-7-18(4-3-17-9-13-28-14-10-17)15-22(26)19(16-29)25(31)24-20-5-6-23(30)27(20,2)12-8-21(24)26/h4,17,19-22,24,28-29H,3,5-16H2,1-2H3/b18-4+/t19?,20?,21?,22?,24?,26-,27+/m1/s1. The quantitative estimate of drug-likeness (QED) is 0.659. The number of rotatable bonds is 3. The predicted octanol–water partition coefficient (Wildman–Crippen LogP) is 4.31. The third-order valence-electron chi connectivity index (χ3n) is 10.7. The molecule has 0 bridgehead atoms. The van der Waals surface area contributed by atoms with Gasteiger partial charge in [-0.15, -0.1) is 0 Å². The number of hydrogen-bond acceptors (Lipinski definition) is 4. The van der Waals surface area contributed by atoms with Gasteiger partial charge in [-0.2, -0.15) is 0 Å². The van der Waals surface area contributed by atoms with Crippen molar-refractivity contribution < 1.29 is 14.7 Å². The van der Waals surface area contributed by atoms with Crippen LogP contribution >= 0.6 is 0 Å². The van der Waals surface area contributed by atoms with Crippen molar-refractivity contribution >= 4 is 11.6 Å². The van der Waals surface area contributed by atoms with Crippen LogP contribution in [0, 0.1) is 46.3 Å². The molecule has 0 aromatic carbocycles. The summed E-state index contributed by atoms with van der Waals surface area (Å²) in [5.41, 5.74) is 1.35. The van der Waals surface area contributed by atoms with Crippen molar-refractivity contribution in [2.24, 2.45) is 46.3 Å². The summed E-state index contributed by atoms with van der Waals surface area (Å²) in [6, 6.07) is 0. The molecule has 5 rings (SSSR count). The second-order valence-corrected chi connectivity index (χ2v) is 12.0. The van der Waals surface area contributed by atoms with Crippen molar-refractivity contribution in [3.05, 3.63) is 11.6 Å². The van der Waals surface area contributed by atoms with E-state index in [0.717, 1.165) is 57.5 Å². The van der Waals surface area contributed by atoms with Gasteiger partial charge < -0.3 is 10.4 Å². The summed E-state index contributed by atoms with van der Waals surface area (Å²) in [5.74, 6) is 2.07. The number of hydrogen-bond donors (Lipinski definition) is 2. The Morgan fingerprint density at radius 3 is 2.52 bits per heavy atom. The first-order valence-electron chi connectivity index (χ1n) is 12.9.